The van der Waals surface area contributed by atoms with Gasteiger partial charge in [0.25, 0.3) is 5.91 Å². The first-order valence-electron chi connectivity index (χ1n) is 6.80. The maximum absolute atomic E-state index is 13.3. The van der Waals surface area contributed by atoms with Gasteiger partial charge in [0.1, 0.15) is 5.82 Å². The average Bonchev–Trinajstić information content (AvgIpc) is 2.45. The fourth-order valence-corrected chi connectivity index (χ4v) is 2.14. The van der Waals surface area contributed by atoms with Crippen molar-refractivity contribution in [2.45, 2.75) is 32.7 Å². The zero-order valence-electron chi connectivity index (χ0n) is 12.2. The number of halogens is 1. The van der Waals surface area contributed by atoms with Gasteiger partial charge in [-0.25, -0.2) is 4.39 Å². The smallest absolute Gasteiger partial charge is 0.255 e. The summed E-state index contributed by atoms with van der Waals surface area (Å²) in [5.41, 5.74) is 6.13. The van der Waals surface area contributed by atoms with Gasteiger partial charge in [0.05, 0.1) is 12.1 Å². The van der Waals surface area contributed by atoms with E-state index in [9.17, 15) is 9.18 Å². The normalized spacial score (nSPS) is 10.1. The predicted molar refractivity (Wildman–Crippen MR) is 78.8 cm³/mol. The Labute approximate surface area is 120 Å². The minimum atomic E-state index is -0.409. The highest BCUT2D eigenvalue weighted by atomic mass is 19.1. The van der Waals surface area contributed by atoms with Crippen LogP contribution in [0.3, 0.4) is 0 Å². The van der Waals surface area contributed by atoms with Crippen molar-refractivity contribution in [2.24, 2.45) is 5.73 Å². The van der Waals surface area contributed by atoms with Crippen LogP contribution < -0.4 is 5.73 Å². The molecule has 0 aromatic heterocycles. The van der Waals surface area contributed by atoms with E-state index >= 15 is 0 Å². The lowest BCUT2D eigenvalue weighted by atomic mass is 10.0. The summed E-state index contributed by atoms with van der Waals surface area (Å²) in [5, 5.41) is 0. The fraction of sp³-hybridized carbons (Fsp3) is 0.438. The number of carbonyl (C=O) groups excluding carboxylic acids is 1. The van der Waals surface area contributed by atoms with Gasteiger partial charge in [0, 0.05) is 18.7 Å². The Morgan fingerprint density at radius 2 is 2.05 bits per heavy atom. The van der Waals surface area contributed by atoms with Crippen molar-refractivity contribution in [3.8, 4) is 11.8 Å². The van der Waals surface area contributed by atoms with Crippen LogP contribution >= 0.6 is 0 Å². The molecule has 20 heavy (non-hydrogen) atoms. The number of carbonyl (C=O) groups is 1. The molecule has 2 N–H and O–H groups in total. The minimum Gasteiger partial charge on any atom is -0.339 e. The first-order valence-corrected chi connectivity index (χ1v) is 6.80. The number of nitrogens with two attached hydrogens (primary N) is 1. The summed E-state index contributed by atoms with van der Waals surface area (Å²) in [6.45, 7) is 4.25. The third-order valence-corrected chi connectivity index (χ3v) is 3.35. The molecule has 1 aromatic rings. The highest BCUT2D eigenvalue weighted by Gasteiger charge is 2.20. The molecule has 0 bridgehead atoms. The molecule has 0 saturated carbocycles. The maximum atomic E-state index is 13.3. The zero-order chi connectivity index (χ0) is 15.1. The Hall–Kier alpha value is -1.86. The molecule has 3 nitrogen and oxygen atoms in total. The molecule has 0 heterocycles. The molecule has 0 aliphatic rings. The summed E-state index contributed by atoms with van der Waals surface area (Å²) in [7, 11) is 1.77. The molecule has 4 heteroatoms. The van der Waals surface area contributed by atoms with Gasteiger partial charge >= 0.3 is 0 Å². The standard InChI is InChI=1S/C16H21FN2O/c1-4-14(5-2)19(3)16(20)15-9-8-13(17)11-12(15)7-6-10-18/h8-9,11,14H,4-5,10,18H2,1-3H3. The summed E-state index contributed by atoms with van der Waals surface area (Å²) in [6, 6.07) is 4.21. The molecular weight excluding hydrogens is 255 g/mol. The largest absolute Gasteiger partial charge is 0.339 e. The number of benzene rings is 1. The van der Waals surface area contributed by atoms with E-state index in [4.69, 9.17) is 5.73 Å². The third kappa shape index (κ3) is 3.82. The van der Waals surface area contributed by atoms with Crippen molar-refractivity contribution in [1.29, 1.82) is 0 Å². The molecule has 0 atom stereocenters. The summed E-state index contributed by atoms with van der Waals surface area (Å²) >= 11 is 0. The molecule has 0 unspecified atom stereocenters. The number of rotatable bonds is 4. The van der Waals surface area contributed by atoms with E-state index in [1.165, 1.54) is 18.2 Å². The average molecular weight is 276 g/mol. The Kier molecular flexibility index (Phi) is 6.20. The first kappa shape index (κ1) is 16.2. The molecule has 108 valence electrons. The van der Waals surface area contributed by atoms with Crippen LogP contribution in [0.5, 0.6) is 0 Å². The number of amides is 1. The monoisotopic (exact) mass is 276 g/mol. The lowest BCUT2D eigenvalue weighted by Crippen LogP contribution is -2.36. The van der Waals surface area contributed by atoms with Gasteiger partial charge in [-0.2, -0.15) is 0 Å². The lowest BCUT2D eigenvalue weighted by Gasteiger charge is -2.26. The van der Waals surface area contributed by atoms with E-state index in [0.29, 0.717) is 11.1 Å². The highest BCUT2D eigenvalue weighted by Crippen LogP contribution is 2.16. The minimum absolute atomic E-state index is 0.139. The van der Waals surface area contributed by atoms with Crippen LogP contribution in [0.15, 0.2) is 18.2 Å². The van der Waals surface area contributed by atoms with Crippen molar-refractivity contribution >= 4 is 5.91 Å². The number of hydrogen-bond acceptors (Lipinski definition) is 2. The van der Waals surface area contributed by atoms with Crippen molar-refractivity contribution < 1.29 is 9.18 Å². The summed E-state index contributed by atoms with van der Waals surface area (Å²) in [6.07, 6.45) is 1.76. The third-order valence-electron chi connectivity index (χ3n) is 3.35. The topological polar surface area (TPSA) is 46.3 Å². The molecule has 0 radical (unpaired) electrons. The van der Waals surface area contributed by atoms with Crippen LogP contribution in [0.2, 0.25) is 0 Å². The van der Waals surface area contributed by atoms with Crippen LogP contribution in [0.25, 0.3) is 0 Å². The molecule has 1 aromatic carbocycles. The van der Waals surface area contributed by atoms with Gasteiger partial charge < -0.3 is 10.6 Å². The molecule has 1 amide bonds. The second-order valence-electron chi connectivity index (χ2n) is 4.58. The van der Waals surface area contributed by atoms with Crippen LogP contribution in [0.1, 0.15) is 42.6 Å². The van der Waals surface area contributed by atoms with Gasteiger partial charge in [-0.15, -0.1) is 0 Å². The van der Waals surface area contributed by atoms with Crippen LogP contribution in [0.4, 0.5) is 4.39 Å². The van der Waals surface area contributed by atoms with Gasteiger partial charge in [0.15, 0.2) is 0 Å². The quantitative estimate of drug-likeness (QED) is 0.858. The van der Waals surface area contributed by atoms with Crippen LogP contribution in [-0.2, 0) is 0 Å². The second-order valence-corrected chi connectivity index (χ2v) is 4.58. The van der Waals surface area contributed by atoms with Crippen molar-refractivity contribution in [3.63, 3.8) is 0 Å². The fourth-order valence-electron chi connectivity index (χ4n) is 2.14. The van der Waals surface area contributed by atoms with Crippen molar-refractivity contribution in [1.82, 2.24) is 4.90 Å². The van der Waals surface area contributed by atoms with Gasteiger partial charge in [-0.1, -0.05) is 25.7 Å². The zero-order valence-corrected chi connectivity index (χ0v) is 12.2. The summed E-state index contributed by atoms with van der Waals surface area (Å²) in [5.74, 6) is 4.88. The molecule has 0 spiro atoms. The molecule has 1 rings (SSSR count). The second kappa shape index (κ2) is 7.66. The number of hydrogen-bond donors (Lipinski definition) is 1. The lowest BCUT2D eigenvalue weighted by molar-refractivity contribution is 0.0723. The van der Waals surface area contributed by atoms with E-state index in [0.717, 1.165) is 12.8 Å². The summed E-state index contributed by atoms with van der Waals surface area (Å²) in [4.78, 5) is 14.2. The molecule has 0 fully saturated rings. The Balaban J connectivity index is 3.15. The van der Waals surface area contributed by atoms with Gasteiger partial charge in [-0.3, -0.25) is 4.79 Å². The molecule has 0 aliphatic carbocycles. The van der Waals surface area contributed by atoms with E-state index in [2.05, 4.69) is 11.8 Å². The van der Waals surface area contributed by atoms with Gasteiger partial charge in [-0.05, 0) is 31.0 Å². The van der Waals surface area contributed by atoms with Crippen molar-refractivity contribution in [2.75, 3.05) is 13.6 Å². The van der Waals surface area contributed by atoms with E-state index in [1.54, 1.807) is 11.9 Å². The van der Waals surface area contributed by atoms with Gasteiger partial charge in [0.2, 0.25) is 0 Å². The van der Waals surface area contributed by atoms with E-state index < -0.39 is 5.82 Å². The molecule has 0 aliphatic heterocycles. The van der Waals surface area contributed by atoms with Crippen molar-refractivity contribution in [3.05, 3.63) is 35.1 Å². The Morgan fingerprint density at radius 3 is 2.60 bits per heavy atom. The summed E-state index contributed by atoms with van der Waals surface area (Å²) < 4.78 is 13.3. The number of nitrogens with zero attached hydrogens (tertiary/aromatic N) is 1. The van der Waals surface area contributed by atoms with Crippen LogP contribution in [-0.4, -0.2) is 30.4 Å². The van der Waals surface area contributed by atoms with E-state index in [-0.39, 0.29) is 18.5 Å². The Bertz CT molecular complexity index is 527. The molecule has 0 saturated heterocycles. The SMILES string of the molecule is CCC(CC)N(C)C(=O)c1ccc(F)cc1C#CCN. The molecular formula is C16H21FN2O. The maximum Gasteiger partial charge on any atom is 0.255 e. The predicted octanol–water partition coefficient (Wildman–Crippen LogP) is 2.40. The Morgan fingerprint density at radius 1 is 1.40 bits per heavy atom. The first-order chi connectivity index (χ1) is 9.54. The highest BCUT2D eigenvalue weighted by molar-refractivity contribution is 5.96. The van der Waals surface area contributed by atoms with E-state index in [1.807, 2.05) is 13.8 Å². The van der Waals surface area contributed by atoms with Crippen LogP contribution in [0, 0.1) is 17.7 Å².